The lowest BCUT2D eigenvalue weighted by Gasteiger charge is -2.32. The Morgan fingerprint density at radius 1 is 1.41 bits per heavy atom. The molecule has 1 heterocycles. The molecule has 2 N–H and O–H groups in total. The van der Waals surface area contributed by atoms with Crippen LogP contribution in [-0.4, -0.2) is 26.8 Å². The summed E-state index contributed by atoms with van der Waals surface area (Å²) in [4.78, 5) is 14.9. The third kappa shape index (κ3) is 2.82. The van der Waals surface area contributed by atoms with E-state index in [2.05, 4.69) is 4.98 Å². The highest BCUT2D eigenvalue weighted by Crippen LogP contribution is 2.36. The van der Waals surface area contributed by atoms with Crippen LogP contribution in [0, 0.1) is 0 Å². The quantitative estimate of drug-likeness (QED) is 0.824. The van der Waals surface area contributed by atoms with Crippen LogP contribution in [0.3, 0.4) is 0 Å². The normalized spacial score (nSPS) is 28.9. The minimum atomic E-state index is -0.948. The van der Waals surface area contributed by atoms with Crippen LogP contribution >= 0.6 is 0 Å². The second-order valence-corrected chi connectivity index (χ2v) is 5.05. The number of nitrogens with zero attached hydrogens (tertiary/aromatic N) is 1. The molecule has 0 aromatic carbocycles. The minimum absolute atomic E-state index is 0.219. The van der Waals surface area contributed by atoms with E-state index >= 15 is 0 Å². The summed E-state index contributed by atoms with van der Waals surface area (Å²) in [6.07, 6.45) is 4.78. The van der Waals surface area contributed by atoms with Crippen molar-refractivity contribution < 1.29 is 15.0 Å². The van der Waals surface area contributed by atoms with Crippen LogP contribution in [0.25, 0.3) is 0 Å². The molecule has 1 aliphatic carbocycles. The Hall–Kier alpha value is -1.42. The molecule has 4 heteroatoms. The molecule has 0 aliphatic heterocycles. The Labute approximate surface area is 100 Å². The van der Waals surface area contributed by atoms with Gasteiger partial charge in [0, 0.05) is 17.8 Å². The second kappa shape index (κ2) is 4.45. The largest absolute Gasteiger partial charge is 0.478 e. The molecule has 1 aromatic rings. The summed E-state index contributed by atoms with van der Waals surface area (Å²) < 4.78 is 0. The molecule has 1 fully saturated rings. The van der Waals surface area contributed by atoms with Crippen molar-refractivity contribution in [1.29, 1.82) is 0 Å². The van der Waals surface area contributed by atoms with Gasteiger partial charge in [-0.3, -0.25) is 4.98 Å². The zero-order valence-electron chi connectivity index (χ0n) is 9.89. The molecule has 1 aromatic heterocycles. The van der Waals surface area contributed by atoms with Crippen LogP contribution in [0.2, 0.25) is 0 Å². The number of aromatic nitrogens is 1. The first-order valence-corrected chi connectivity index (χ1v) is 5.89. The van der Waals surface area contributed by atoms with Gasteiger partial charge in [-0.1, -0.05) is 0 Å². The molecule has 0 unspecified atom stereocenters. The van der Waals surface area contributed by atoms with Crippen molar-refractivity contribution in [2.45, 2.75) is 44.1 Å². The summed E-state index contributed by atoms with van der Waals surface area (Å²) in [6, 6.07) is 3.38. The van der Waals surface area contributed by atoms with E-state index in [1.807, 2.05) is 6.92 Å². The Bertz CT molecular complexity index is 401. The fraction of sp³-hybridized carbons (Fsp3) is 0.538. The SMILES string of the molecule is CC1(O)CCC(c2ccc(C(=O)O)cn2)CC1. The second-order valence-electron chi connectivity index (χ2n) is 5.05. The Balaban J connectivity index is 2.06. The van der Waals surface area contributed by atoms with Crippen molar-refractivity contribution in [1.82, 2.24) is 4.98 Å². The lowest BCUT2D eigenvalue weighted by molar-refractivity contribution is 0.0168. The van der Waals surface area contributed by atoms with Crippen LogP contribution < -0.4 is 0 Å². The third-order valence-electron chi connectivity index (χ3n) is 3.51. The molecule has 0 saturated heterocycles. The van der Waals surface area contributed by atoms with Gasteiger partial charge in [-0.25, -0.2) is 4.79 Å². The number of carboxylic acid groups (broad SMARTS) is 1. The zero-order valence-corrected chi connectivity index (χ0v) is 9.89. The summed E-state index contributed by atoms with van der Waals surface area (Å²) in [5, 5.41) is 18.6. The number of rotatable bonds is 2. The van der Waals surface area contributed by atoms with Gasteiger partial charge in [0.2, 0.25) is 0 Å². The molecule has 0 radical (unpaired) electrons. The molecular weight excluding hydrogens is 218 g/mol. The number of aromatic carboxylic acids is 1. The summed E-state index contributed by atoms with van der Waals surface area (Å²) in [5.41, 5.74) is 0.611. The average Bonchev–Trinajstić information content (AvgIpc) is 2.29. The molecule has 0 bridgehead atoms. The van der Waals surface area contributed by atoms with Gasteiger partial charge in [-0.2, -0.15) is 0 Å². The van der Waals surface area contributed by atoms with Crippen molar-refractivity contribution in [2.75, 3.05) is 0 Å². The van der Waals surface area contributed by atoms with Crippen LogP contribution in [0.15, 0.2) is 18.3 Å². The fourth-order valence-corrected chi connectivity index (χ4v) is 2.31. The molecule has 1 saturated carbocycles. The van der Waals surface area contributed by atoms with Crippen LogP contribution in [0.4, 0.5) is 0 Å². The smallest absolute Gasteiger partial charge is 0.337 e. The van der Waals surface area contributed by atoms with Crippen molar-refractivity contribution in [3.05, 3.63) is 29.6 Å². The number of hydrogen-bond donors (Lipinski definition) is 2. The summed E-state index contributed by atoms with van der Waals surface area (Å²) in [5.74, 6) is -0.603. The predicted molar refractivity (Wildman–Crippen MR) is 63.0 cm³/mol. The molecule has 4 nitrogen and oxygen atoms in total. The lowest BCUT2D eigenvalue weighted by atomic mass is 9.78. The van der Waals surface area contributed by atoms with Crippen LogP contribution in [0.5, 0.6) is 0 Å². The van der Waals surface area contributed by atoms with Crippen molar-refractivity contribution >= 4 is 5.97 Å². The van der Waals surface area contributed by atoms with E-state index in [4.69, 9.17) is 5.11 Å². The first-order chi connectivity index (χ1) is 7.98. The summed E-state index contributed by atoms with van der Waals surface area (Å²) in [7, 11) is 0. The summed E-state index contributed by atoms with van der Waals surface area (Å²) >= 11 is 0. The van der Waals surface area contributed by atoms with E-state index in [0.717, 1.165) is 31.4 Å². The van der Waals surface area contributed by atoms with Gasteiger partial charge in [-0.15, -0.1) is 0 Å². The van der Waals surface area contributed by atoms with Gasteiger partial charge in [-0.05, 0) is 44.7 Å². The van der Waals surface area contributed by atoms with Gasteiger partial charge in [0.25, 0.3) is 0 Å². The van der Waals surface area contributed by atoms with Crippen LogP contribution in [-0.2, 0) is 0 Å². The predicted octanol–water partition coefficient (Wildman–Crippen LogP) is 2.19. The van der Waals surface area contributed by atoms with Gasteiger partial charge in [0.05, 0.1) is 11.2 Å². The number of carbonyl (C=O) groups is 1. The Morgan fingerprint density at radius 2 is 2.06 bits per heavy atom. The highest BCUT2D eigenvalue weighted by molar-refractivity contribution is 5.87. The van der Waals surface area contributed by atoms with E-state index in [1.165, 1.54) is 6.20 Å². The molecule has 0 spiro atoms. The highest BCUT2D eigenvalue weighted by Gasteiger charge is 2.29. The maximum Gasteiger partial charge on any atom is 0.337 e. The number of hydrogen-bond acceptors (Lipinski definition) is 3. The first kappa shape index (κ1) is 12.0. The van der Waals surface area contributed by atoms with Crippen LogP contribution in [0.1, 0.15) is 54.6 Å². The molecule has 1 aliphatic rings. The first-order valence-electron chi connectivity index (χ1n) is 5.89. The van der Waals surface area contributed by atoms with Gasteiger partial charge >= 0.3 is 5.97 Å². The molecule has 2 rings (SSSR count). The van der Waals surface area contributed by atoms with Crippen molar-refractivity contribution in [3.8, 4) is 0 Å². The maximum atomic E-state index is 10.7. The Morgan fingerprint density at radius 3 is 2.53 bits per heavy atom. The summed E-state index contributed by atoms with van der Waals surface area (Å²) in [6.45, 7) is 1.87. The van der Waals surface area contributed by atoms with Gasteiger partial charge < -0.3 is 10.2 Å². The topological polar surface area (TPSA) is 70.4 Å². The standard InChI is InChI=1S/C13H17NO3/c1-13(17)6-4-9(5-7-13)11-3-2-10(8-14-11)12(15)16/h2-3,8-9,17H,4-7H2,1H3,(H,15,16). The molecule has 92 valence electrons. The average molecular weight is 235 g/mol. The molecule has 0 amide bonds. The van der Waals surface area contributed by atoms with Gasteiger partial charge in [0.15, 0.2) is 0 Å². The lowest BCUT2D eigenvalue weighted by Crippen LogP contribution is -2.29. The molecular formula is C13H17NO3. The van der Waals surface area contributed by atoms with E-state index in [9.17, 15) is 9.90 Å². The monoisotopic (exact) mass is 235 g/mol. The Kier molecular flexibility index (Phi) is 3.15. The number of pyridine rings is 1. The van der Waals surface area contributed by atoms with E-state index < -0.39 is 11.6 Å². The maximum absolute atomic E-state index is 10.7. The minimum Gasteiger partial charge on any atom is -0.478 e. The highest BCUT2D eigenvalue weighted by atomic mass is 16.4. The number of carboxylic acids is 1. The fourth-order valence-electron chi connectivity index (χ4n) is 2.31. The van der Waals surface area contributed by atoms with E-state index in [1.54, 1.807) is 12.1 Å². The van der Waals surface area contributed by atoms with E-state index in [-0.39, 0.29) is 5.56 Å². The van der Waals surface area contributed by atoms with E-state index in [0.29, 0.717) is 5.92 Å². The van der Waals surface area contributed by atoms with Crippen molar-refractivity contribution in [3.63, 3.8) is 0 Å². The van der Waals surface area contributed by atoms with Gasteiger partial charge in [0.1, 0.15) is 0 Å². The zero-order chi connectivity index (χ0) is 12.5. The number of aliphatic hydroxyl groups is 1. The molecule has 17 heavy (non-hydrogen) atoms. The molecule has 0 atom stereocenters. The van der Waals surface area contributed by atoms with Crippen molar-refractivity contribution in [2.24, 2.45) is 0 Å². The third-order valence-corrected chi connectivity index (χ3v) is 3.51.